The van der Waals surface area contributed by atoms with Crippen LogP contribution < -0.4 is 0 Å². The minimum absolute atomic E-state index is 0.893. The van der Waals surface area contributed by atoms with Crippen LogP contribution in [-0.2, 0) is 0 Å². The summed E-state index contributed by atoms with van der Waals surface area (Å²) in [6.45, 7) is 0. The second-order valence-electron chi connectivity index (χ2n) is 5.79. The molecule has 0 aliphatic heterocycles. The smallest absolute Gasteiger partial charge is 0.147 e. The maximum absolute atomic E-state index is 6.20. The van der Waals surface area contributed by atoms with Crippen molar-refractivity contribution in [3.05, 3.63) is 77.3 Å². The fourth-order valence-corrected chi connectivity index (χ4v) is 3.49. The number of aromatic nitrogens is 1. The van der Waals surface area contributed by atoms with Gasteiger partial charge in [-0.1, -0.05) is 58.4 Å². The normalized spacial score (nSPS) is 11.5. The van der Waals surface area contributed by atoms with Gasteiger partial charge in [-0.3, -0.25) is 0 Å². The zero-order valence-corrected chi connectivity index (χ0v) is 14.2. The Hall–Kier alpha value is -2.65. The molecule has 0 aliphatic rings. The molecule has 24 heavy (non-hydrogen) atoms. The van der Waals surface area contributed by atoms with E-state index in [0.29, 0.717) is 0 Å². The van der Waals surface area contributed by atoms with Gasteiger partial charge < -0.3 is 4.42 Å². The molecule has 0 atom stereocenters. The van der Waals surface area contributed by atoms with E-state index in [1.807, 2.05) is 48.5 Å². The summed E-state index contributed by atoms with van der Waals surface area (Å²) in [6.07, 6.45) is 0. The minimum Gasteiger partial charge on any atom is -0.455 e. The van der Waals surface area contributed by atoms with Crippen LogP contribution >= 0.6 is 15.9 Å². The Balaban J connectivity index is 2.01. The van der Waals surface area contributed by atoms with E-state index >= 15 is 0 Å². The van der Waals surface area contributed by atoms with Gasteiger partial charge in [0.2, 0.25) is 0 Å². The number of hydrogen-bond donors (Lipinski definition) is 0. The molecular formula is C21H12BrNO. The molecule has 3 aromatic carbocycles. The van der Waals surface area contributed by atoms with Gasteiger partial charge in [-0.2, -0.15) is 0 Å². The molecule has 0 spiro atoms. The van der Waals surface area contributed by atoms with Gasteiger partial charge in [-0.15, -0.1) is 0 Å². The Morgan fingerprint density at radius 2 is 1.46 bits per heavy atom. The fourth-order valence-electron chi connectivity index (χ4n) is 3.23. The monoisotopic (exact) mass is 373 g/mol. The van der Waals surface area contributed by atoms with E-state index in [1.54, 1.807) is 0 Å². The van der Waals surface area contributed by atoms with E-state index in [2.05, 4.69) is 40.2 Å². The first-order valence-electron chi connectivity index (χ1n) is 7.77. The maximum Gasteiger partial charge on any atom is 0.147 e. The number of hydrogen-bond acceptors (Lipinski definition) is 2. The number of furan rings is 1. The minimum atomic E-state index is 0.893. The summed E-state index contributed by atoms with van der Waals surface area (Å²) < 4.78 is 7.26. The van der Waals surface area contributed by atoms with Gasteiger partial charge in [-0.05, 0) is 30.3 Å². The lowest BCUT2D eigenvalue weighted by atomic mass is 10.0. The second kappa shape index (κ2) is 5.18. The third-order valence-electron chi connectivity index (χ3n) is 4.33. The topological polar surface area (TPSA) is 26.0 Å². The van der Waals surface area contributed by atoms with Crippen LogP contribution in [0, 0.1) is 0 Å². The first-order chi connectivity index (χ1) is 11.8. The summed E-state index contributed by atoms with van der Waals surface area (Å²) >= 11 is 3.50. The molecular weight excluding hydrogens is 362 g/mol. The average Bonchev–Trinajstić information content (AvgIpc) is 3.02. The molecule has 0 unspecified atom stereocenters. The van der Waals surface area contributed by atoms with Crippen LogP contribution in [0.1, 0.15) is 0 Å². The van der Waals surface area contributed by atoms with Crippen LogP contribution in [0.15, 0.2) is 81.7 Å². The summed E-state index contributed by atoms with van der Waals surface area (Å²) in [6, 6.07) is 24.5. The van der Waals surface area contributed by atoms with Gasteiger partial charge in [0.1, 0.15) is 11.2 Å². The molecule has 2 aromatic heterocycles. The quantitative estimate of drug-likeness (QED) is 0.332. The number of para-hydroxylation sites is 2. The van der Waals surface area contributed by atoms with E-state index in [-0.39, 0.29) is 0 Å². The molecule has 3 heteroatoms. The third-order valence-corrected chi connectivity index (χ3v) is 4.86. The predicted octanol–water partition coefficient (Wildman–Crippen LogP) is 6.56. The zero-order chi connectivity index (χ0) is 16.1. The van der Waals surface area contributed by atoms with Crippen molar-refractivity contribution < 1.29 is 4.42 Å². The van der Waals surface area contributed by atoms with E-state index in [9.17, 15) is 0 Å². The Morgan fingerprint density at radius 1 is 0.750 bits per heavy atom. The molecule has 0 bridgehead atoms. The van der Waals surface area contributed by atoms with Crippen molar-refractivity contribution in [3.63, 3.8) is 0 Å². The first-order valence-corrected chi connectivity index (χ1v) is 8.56. The van der Waals surface area contributed by atoms with Crippen LogP contribution in [0.25, 0.3) is 44.1 Å². The number of nitrogens with zero attached hydrogens (tertiary/aromatic N) is 1. The molecule has 0 radical (unpaired) electrons. The lowest BCUT2D eigenvalue weighted by molar-refractivity contribution is 0.672. The lowest BCUT2D eigenvalue weighted by Crippen LogP contribution is -1.87. The second-order valence-corrected chi connectivity index (χ2v) is 6.70. The summed E-state index contributed by atoms with van der Waals surface area (Å²) in [7, 11) is 0. The largest absolute Gasteiger partial charge is 0.455 e. The Bertz CT molecular complexity index is 1210. The summed E-state index contributed by atoms with van der Waals surface area (Å²) in [4.78, 5) is 4.95. The van der Waals surface area contributed by atoms with Crippen LogP contribution in [0.2, 0.25) is 0 Å². The third kappa shape index (κ3) is 1.98. The molecule has 114 valence electrons. The zero-order valence-electron chi connectivity index (χ0n) is 12.7. The standard InChI is InChI=1S/C21H12BrNO/c22-14-11-9-13(10-12-14)20-19-16-6-2-4-8-18(16)24-21(19)15-5-1-3-7-17(15)23-20/h1-12H. The van der Waals surface area contributed by atoms with Crippen molar-refractivity contribution in [1.29, 1.82) is 0 Å². The average molecular weight is 374 g/mol. The van der Waals surface area contributed by atoms with Gasteiger partial charge in [0.15, 0.2) is 0 Å². The van der Waals surface area contributed by atoms with Crippen molar-refractivity contribution >= 4 is 48.8 Å². The van der Waals surface area contributed by atoms with Crippen LogP contribution in [0.4, 0.5) is 0 Å². The van der Waals surface area contributed by atoms with Gasteiger partial charge in [0, 0.05) is 20.8 Å². The van der Waals surface area contributed by atoms with Crippen molar-refractivity contribution in [3.8, 4) is 11.3 Å². The Kier molecular flexibility index (Phi) is 2.97. The van der Waals surface area contributed by atoms with E-state index in [0.717, 1.165) is 48.6 Å². The lowest BCUT2D eigenvalue weighted by Gasteiger charge is -2.06. The number of halogens is 1. The highest BCUT2D eigenvalue weighted by atomic mass is 79.9. The highest BCUT2D eigenvalue weighted by Crippen LogP contribution is 2.39. The fraction of sp³-hybridized carbons (Fsp3) is 0. The number of rotatable bonds is 1. The summed E-state index contributed by atoms with van der Waals surface area (Å²) in [5.74, 6) is 0. The molecule has 5 rings (SSSR count). The Labute approximate surface area is 146 Å². The van der Waals surface area contributed by atoms with Gasteiger partial charge >= 0.3 is 0 Å². The van der Waals surface area contributed by atoms with Crippen LogP contribution in [0.5, 0.6) is 0 Å². The molecule has 5 aromatic rings. The van der Waals surface area contributed by atoms with Crippen molar-refractivity contribution in [2.45, 2.75) is 0 Å². The number of fused-ring (bicyclic) bond motifs is 5. The molecule has 2 nitrogen and oxygen atoms in total. The van der Waals surface area contributed by atoms with E-state index in [1.165, 1.54) is 0 Å². The molecule has 0 N–H and O–H groups in total. The first kappa shape index (κ1) is 13.8. The molecule has 0 saturated carbocycles. The molecule has 2 heterocycles. The van der Waals surface area contributed by atoms with E-state index < -0.39 is 0 Å². The predicted molar refractivity (Wildman–Crippen MR) is 102 cm³/mol. The van der Waals surface area contributed by atoms with E-state index in [4.69, 9.17) is 9.40 Å². The number of benzene rings is 3. The highest BCUT2D eigenvalue weighted by Gasteiger charge is 2.16. The van der Waals surface area contributed by atoms with Crippen molar-refractivity contribution in [2.24, 2.45) is 0 Å². The summed E-state index contributed by atoms with van der Waals surface area (Å²) in [5.41, 5.74) is 4.78. The van der Waals surface area contributed by atoms with Crippen LogP contribution in [0.3, 0.4) is 0 Å². The maximum atomic E-state index is 6.20. The summed E-state index contributed by atoms with van der Waals surface area (Å²) in [5, 5.41) is 3.22. The van der Waals surface area contributed by atoms with Crippen molar-refractivity contribution in [1.82, 2.24) is 4.98 Å². The molecule has 0 aliphatic carbocycles. The molecule has 0 fully saturated rings. The number of pyridine rings is 1. The van der Waals surface area contributed by atoms with Crippen LogP contribution in [-0.4, -0.2) is 4.98 Å². The Morgan fingerprint density at radius 3 is 2.29 bits per heavy atom. The van der Waals surface area contributed by atoms with Crippen molar-refractivity contribution in [2.75, 3.05) is 0 Å². The van der Waals surface area contributed by atoms with Gasteiger partial charge in [0.05, 0.1) is 16.6 Å². The SMILES string of the molecule is Brc1ccc(-c2nc3ccccc3c3oc4ccccc4c23)cc1. The van der Waals surface area contributed by atoms with Gasteiger partial charge in [0.25, 0.3) is 0 Å². The highest BCUT2D eigenvalue weighted by molar-refractivity contribution is 9.10. The molecule has 0 amide bonds. The van der Waals surface area contributed by atoms with Gasteiger partial charge in [-0.25, -0.2) is 4.98 Å². The molecule has 0 saturated heterocycles.